The zero-order valence-corrected chi connectivity index (χ0v) is 32.9. The van der Waals surface area contributed by atoms with E-state index >= 15 is 4.79 Å². The Kier molecular flexibility index (Phi) is 8.41. The van der Waals surface area contributed by atoms with Crippen LogP contribution in [0.2, 0.25) is 5.02 Å². The van der Waals surface area contributed by atoms with Crippen molar-refractivity contribution in [2.24, 2.45) is 36.1 Å². The summed E-state index contributed by atoms with van der Waals surface area (Å²) in [6.45, 7) is 9.77. The van der Waals surface area contributed by atoms with Gasteiger partial charge in [0, 0.05) is 28.8 Å². The molecule has 2 aromatic heterocycles. The summed E-state index contributed by atoms with van der Waals surface area (Å²) in [7, 11) is 1.72. The quantitative estimate of drug-likeness (QED) is 0.130. The number of rotatable bonds is 7. The molecule has 9 rings (SSSR count). The molecule has 2 saturated heterocycles. The predicted octanol–water partition coefficient (Wildman–Crippen LogP) is 8.45. The highest BCUT2D eigenvalue weighted by molar-refractivity contribution is 7.22. The number of aromatic hydroxyl groups is 1. The number of hydrogen-bond donors (Lipinski definition) is 1. The van der Waals surface area contributed by atoms with Crippen LogP contribution in [0.4, 0.5) is 11.5 Å². The van der Waals surface area contributed by atoms with Crippen molar-refractivity contribution >= 4 is 74.2 Å². The second-order valence-electron chi connectivity index (χ2n) is 15.3. The molecule has 2 aliphatic carbocycles. The molecule has 0 bridgehead atoms. The molecule has 56 heavy (non-hydrogen) atoms. The number of ether oxygens (including phenoxy) is 1. The van der Waals surface area contributed by atoms with Crippen molar-refractivity contribution in [3.8, 4) is 22.1 Å². The smallest absolute Gasteiger partial charge is 0.242 e. The van der Waals surface area contributed by atoms with E-state index in [0.717, 1.165) is 31.7 Å². The largest absolute Gasteiger partial charge is 0.504 e. The topological polar surface area (TPSA) is 122 Å². The second-order valence-corrected chi connectivity index (χ2v) is 16.8. The van der Waals surface area contributed by atoms with E-state index in [1.165, 1.54) is 9.80 Å². The molecule has 3 fully saturated rings. The van der Waals surface area contributed by atoms with Crippen molar-refractivity contribution in [1.29, 1.82) is 0 Å². The Hall–Kier alpha value is -5.52. The zero-order valence-electron chi connectivity index (χ0n) is 31.3. The minimum Gasteiger partial charge on any atom is -0.504 e. The number of nitrogens with zero attached hydrogens (tertiary/aromatic N) is 4. The van der Waals surface area contributed by atoms with E-state index in [-0.39, 0.29) is 41.5 Å². The number of aromatic nitrogens is 2. The first-order valence-electron chi connectivity index (χ1n) is 18.7. The molecule has 2 aliphatic heterocycles. The molecule has 0 spiro atoms. The standard InChI is InChI=1S/C44H39ClN4O6S/c1-6-23-8-12-26(13-9-23)48-40(51)28-15-14-27-30(37(28)42(48)53)20-31-41(52)49(43(54)44(31,4)38(27)24-10-16-33(50)34(18-24)55-7-2)36-21-32(46-47(36)5)39-22(3)29-19-25(45)11-17-35(29)56-39/h6,8-14,16-19,21,28,30-31,37-38,50H,1,7,15,20H2,2-5H3. The highest BCUT2D eigenvalue weighted by atomic mass is 35.5. The third-order valence-corrected chi connectivity index (χ3v) is 14.0. The van der Waals surface area contributed by atoms with Crippen molar-refractivity contribution in [2.75, 3.05) is 16.4 Å². The first-order valence-corrected chi connectivity index (χ1v) is 19.9. The maximum absolute atomic E-state index is 15.2. The number of phenols is 1. The highest BCUT2D eigenvalue weighted by Crippen LogP contribution is 2.64. The fourth-order valence-corrected chi connectivity index (χ4v) is 11.1. The molecule has 4 aliphatic rings. The lowest BCUT2D eigenvalue weighted by molar-refractivity contribution is -0.131. The summed E-state index contributed by atoms with van der Waals surface area (Å²) >= 11 is 7.90. The first-order chi connectivity index (χ1) is 26.9. The van der Waals surface area contributed by atoms with Gasteiger partial charge in [-0.15, -0.1) is 11.3 Å². The minimum atomic E-state index is -1.28. The van der Waals surface area contributed by atoms with E-state index in [0.29, 0.717) is 40.8 Å². The average molecular weight is 787 g/mol. The summed E-state index contributed by atoms with van der Waals surface area (Å²) in [5, 5.41) is 17.2. The number of anilines is 2. The molecule has 4 amide bonds. The Morgan fingerprint density at radius 1 is 1.00 bits per heavy atom. The molecule has 6 atom stereocenters. The number of benzene rings is 3. The molecule has 0 radical (unpaired) electrons. The predicted molar refractivity (Wildman–Crippen MR) is 217 cm³/mol. The van der Waals surface area contributed by atoms with Gasteiger partial charge in [-0.25, -0.2) is 4.90 Å². The van der Waals surface area contributed by atoms with Gasteiger partial charge in [0.15, 0.2) is 11.5 Å². The fraction of sp³-hybridized carbons (Fsp3) is 0.295. The van der Waals surface area contributed by atoms with Gasteiger partial charge >= 0.3 is 0 Å². The monoisotopic (exact) mass is 786 g/mol. The van der Waals surface area contributed by atoms with Crippen molar-refractivity contribution < 1.29 is 29.0 Å². The maximum Gasteiger partial charge on any atom is 0.242 e. The number of hydrogen-bond acceptors (Lipinski definition) is 8. The van der Waals surface area contributed by atoms with Crippen LogP contribution >= 0.6 is 22.9 Å². The number of carbonyl (C=O) groups is 4. The lowest BCUT2D eigenvalue weighted by Crippen LogP contribution is -2.49. The Bertz CT molecular complexity index is 2570. The summed E-state index contributed by atoms with van der Waals surface area (Å²) in [6, 6.07) is 19.7. The Balaban J connectivity index is 1.15. The van der Waals surface area contributed by atoms with E-state index in [1.807, 2.05) is 57.2 Å². The normalized spacial score (nSPS) is 25.7. The number of carbonyl (C=O) groups excluding carboxylic acids is 4. The van der Waals surface area contributed by atoms with Gasteiger partial charge in [-0.2, -0.15) is 5.10 Å². The van der Waals surface area contributed by atoms with E-state index in [2.05, 4.69) is 6.58 Å². The Morgan fingerprint density at radius 3 is 2.50 bits per heavy atom. The van der Waals surface area contributed by atoms with Crippen LogP contribution < -0.4 is 14.5 Å². The van der Waals surface area contributed by atoms with Crippen LogP contribution in [-0.2, 0) is 26.2 Å². The SMILES string of the molecule is C=Cc1ccc(N2C(=O)C3CC=C4C(CC5C(=O)N(c6cc(-c7sc8ccc(Cl)cc8c7C)nn6C)C(=O)C5(C)C4c4ccc(O)c(OCC)c4)C3C2=O)cc1. The first kappa shape index (κ1) is 36.1. The van der Waals surface area contributed by atoms with Gasteiger partial charge in [-0.1, -0.05) is 54.1 Å². The van der Waals surface area contributed by atoms with Crippen LogP contribution in [0.3, 0.4) is 0 Å². The number of imide groups is 2. The van der Waals surface area contributed by atoms with Crippen LogP contribution in [0.1, 0.15) is 49.3 Å². The molecule has 4 heterocycles. The van der Waals surface area contributed by atoms with Gasteiger partial charge < -0.3 is 9.84 Å². The zero-order chi connectivity index (χ0) is 39.4. The third kappa shape index (κ3) is 5.09. The summed E-state index contributed by atoms with van der Waals surface area (Å²) in [6.07, 6.45) is 4.23. The molecule has 1 saturated carbocycles. The number of thiophene rings is 1. The number of phenolic OH excluding ortho intramolecular Hbond substituents is 1. The van der Waals surface area contributed by atoms with Crippen molar-refractivity contribution in [3.63, 3.8) is 0 Å². The second kappa shape index (κ2) is 13.0. The number of amides is 4. The molecule has 10 nitrogen and oxygen atoms in total. The van der Waals surface area contributed by atoms with Gasteiger partial charge in [0.05, 0.1) is 40.3 Å². The van der Waals surface area contributed by atoms with Crippen molar-refractivity contribution in [1.82, 2.24) is 9.78 Å². The fourth-order valence-electron chi connectivity index (χ4n) is 9.82. The summed E-state index contributed by atoms with van der Waals surface area (Å²) in [4.78, 5) is 62.2. The molecule has 3 aromatic carbocycles. The number of fused-ring (bicyclic) bond motifs is 5. The Morgan fingerprint density at radius 2 is 1.77 bits per heavy atom. The molecule has 5 aromatic rings. The third-order valence-electron chi connectivity index (χ3n) is 12.5. The highest BCUT2D eigenvalue weighted by Gasteiger charge is 2.68. The number of halogens is 1. The van der Waals surface area contributed by atoms with Gasteiger partial charge in [0.1, 0.15) is 11.5 Å². The maximum atomic E-state index is 15.2. The molecular weight excluding hydrogens is 748 g/mol. The van der Waals surface area contributed by atoms with E-state index in [1.54, 1.807) is 65.5 Å². The van der Waals surface area contributed by atoms with E-state index in [9.17, 15) is 19.5 Å². The minimum absolute atomic E-state index is 0.0475. The number of allylic oxidation sites excluding steroid dienone is 2. The van der Waals surface area contributed by atoms with Crippen molar-refractivity contribution in [3.05, 3.63) is 107 Å². The van der Waals surface area contributed by atoms with Crippen LogP contribution in [0.15, 0.2) is 85.0 Å². The molecular formula is C44H39ClN4O6S. The van der Waals surface area contributed by atoms with Gasteiger partial charge in [0.2, 0.25) is 23.6 Å². The number of aryl methyl sites for hydroxylation is 2. The van der Waals surface area contributed by atoms with Crippen LogP contribution in [-0.4, -0.2) is 45.1 Å². The van der Waals surface area contributed by atoms with Gasteiger partial charge in [-0.3, -0.25) is 28.8 Å². The lowest BCUT2D eigenvalue weighted by atomic mass is 9.51. The van der Waals surface area contributed by atoms with Crippen LogP contribution in [0, 0.1) is 36.0 Å². The van der Waals surface area contributed by atoms with Crippen LogP contribution in [0.25, 0.3) is 26.7 Å². The molecule has 6 unspecified atom stereocenters. The average Bonchev–Trinajstić information content (AvgIpc) is 3.86. The molecule has 12 heteroatoms. The summed E-state index contributed by atoms with van der Waals surface area (Å²) in [5.41, 5.74) is 3.22. The summed E-state index contributed by atoms with van der Waals surface area (Å²) < 4.78 is 8.42. The van der Waals surface area contributed by atoms with E-state index in [4.69, 9.17) is 21.4 Å². The van der Waals surface area contributed by atoms with Crippen molar-refractivity contribution in [2.45, 2.75) is 39.5 Å². The van der Waals surface area contributed by atoms with Gasteiger partial charge in [-0.05, 0) is 104 Å². The lowest BCUT2D eigenvalue weighted by Gasteiger charge is -2.49. The molecule has 1 N–H and O–H groups in total. The summed E-state index contributed by atoms with van der Waals surface area (Å²) in [5.74, 6) is -4.11. The van der Waals surface area contributed by atoms with Crippen LogP contribution in [0.5, 0.6) is 11.5 Å². The Labute approximate surface area is 332 Å². The van der Waals surface area contributed by atoms with E-state index < -0.39 is 35.0 Å². The molecule has 284 valence electrons. The van der Waals surface area contributed by atoms with Gasteiger partial charge in [0.25, 0.3) is 0 Å².